The molecule has 2 heteroatoms. The molecule has 16 heavy (non-hydrogen) atoms. The molecule has 90 valence electrons. The lowest BCUT2D eigenvalue weighted by atomic mass is 9.90. The van der Waals surface area contributed by atoms with Crippen molar-refractivity contribution < 1.29 is 9.53 Å². The Kier molecular flexibility index (Phi) is 1.88. The maximum atomic E-state index is 11.8. The van der Waals surface area contributed by atoms with Gasteiger partial charge < -0.3 is 4.74 Å². The summed E-state index contributed by atoms with van der Waals surface area (Å²) in [6.45, 7) is 9.48. The van der Waals surface area contributed by atoms with Gasteiger partial charge in [-0.1, -0.05) is 20.8 Å². The summed E-state index contributed by atoms with van der Waals surface area (Å²) < 4.78 is 5.19. The van der Waals surface area contributed by atoms with Gasteiger partial charge in [0.2, 0.25) is 0 Å². The maximum Gasteiger partial charge on any atom is 0.309 e. The zero-order valence-corrected chi connectivity index (χ0v) is 10.7. The number of carbonyl (C=O) groups excluding carboxylic acids is 1. The Hall–Kier alpha value is -0.530. The summed E-state index contributed by atoms with van der Waals surface area (Å²) in [4.78, 5) is 11.8. The summed E-state index contributed by atoms with van der Waals surface area (Å²) in [5, 5.41) is 0. The van der Waals surface area contributed by atoms with Crippen molar-refractivity contribution in [3.63, 3.8) is 0 Å². The summed E-state index contributed by atoms with van der Waals surface area (Å²) >= 11 is 0. The third-order valence-corrected chi connectivity index (χ3v) is 5.85. The van der Waals surface area contributed by atoms with E-state index < -0.39 is 0 Å². The van der Waals surface area contributed by atoms with Crippen LogP contribution in [0.1, 0.15) is 40.5 Å². The van der Waals surface area contributed by atoms with E-state index >= 15 is 0 Å². The van der Waals surface area contributed by atoms with Crippen molar-refractivity contribution in [1.82, 2.24) is 0 Å². The predicted octanol–water partition coefficient (Wildman–Crippen LogP) is 2.87. The first kappa shape index (κ1) is 10.6. The number of ether oxygens (including phenoxy) is 1. The van der Waals surface area contributed by atoms with Crippen LogP contribution in [0, 0.1) is 34.5 Å². The highest BCUT2D eigenvalue weighted by molar-refractivity contribution is 5.78. The number of carbonyl (C=O) groups is 1. The molecule has 0 aromatic heterocycles. The number of esters is 1. The molecular weight excluding hydrogens is 200 g/mol. The lowest BCUT2D eigenvalue weighted by Crippen LogP contribution is -2.13. The molecule has 0 aromatic rings. The van der Waals surface area contributed by atoms with Crippen LogP contribution >= 0.6 is 0 Å². The molecule has 2 nitrogen and oxygen atoms in total. The van der Waals surface area contributed by atoms with E-state index in [1.807, 2.05) is 6.92 Å². The van der Waals surface area contributed by atoms with E-state index in [0.29, 0.717) is 17.9 Å². The lowest BCUT2D eigenvalue weighted by Gasteiger charge is -2.15. The van der Waals surface area contributed by atoms with Crippen LogP contribution in [0.2, 0.25) is 0 Å². The first-order valence-corrected chi connectivity index (χ1v) is 6.59. The Balaban J connectivity index is 1.71. The van der Waals surface area contributed by atoms with E-state index in [-0.39, 0.29) is 17.3 Å². The Morgan fingerprint density at radius 3 is 2.50 bits per heavy atom. The molecule has 0 aromatic carbocycles. The molecule has 0 saturated heterocycles. The molecule has 0 N–H and O–H groups in total. The maximum absolute atomic E-state index is 11.8. The molecule has 3 fully saturated rings. The second-order valence-electron chi connectivity index (χ2n) is 6.82. The fourth-order valence-electron chi connectivity index (χ4n) is 4.49. The van der Waals surface area contributed by atoms with E-state index in [1.165, 1.54) is 12.8 Å². The molecule has 5 atom stereocenters. The molecule has 3 aliphatic carbocycles. The number of fused-ring (bicyclic) bond motifs is 2. The van der Waals surface area contributed by atoms with Crippen molar-refractivity contribution >= 4 is 5.97 Å². The standard InChI is InChI=1S/C14H22O2/c1-5-16-12(15)11-9-6-8-10(13(8,2)3)7-14(9,11)4/h8-11H,5-7H2,1-4H3/t8-,9+,10-,11-,14+/m1/s1. The van der Waals surface area contributed by atoms with Crippen LogP contribution in [0.5, 0.6) is 0 Å². The fourth-order valence-corrected chi connectivity index (χ4v) is 4.49. The van der Waals surface area contributed by atoms with Crippen LogP contribution in [0.25, 0.3) is 0 Å². The molecule has 0 unspecified atom stereocenters. The quantitative estimate of drug-likeness (QED) is 0.672. The summed E-state index contributed by atoms with van der Waals surface area (Å²) in [7, 11) is 0. The van der Waals surface area contributed by atoms with Crippen LogP contribution in [0.15, 0.2) is 0 Å². The van der Waals surface area contributed by atoms with Gasteiger partial charge in [0.05, 0.1) is 12.5 Å². The van der Waals surface area contributed by atoms with Gasteiger partial charge >= 0.3 is 5.97 Å². The zero-order valence-electron chi connectivity index (χ0n) is 10.7. The molecule has 0 bridgehead atoms. The van der Waals surface area contributed by atoms with E-state index in [4.69, 9.17) is 4.74 Å². The summed E-state index contributed by atoms with van der Waals surface area (Å²) in [6, 6.07) is 0. The smallest absolute Gasteiger partial charge is 0.309 e. The van der Waals surface area contributed by atoms with Gasteiger partial charge in [-0.3, -0.25) is 4.79 Å². The summed E-state index contributed by atoms with van der Waals surface area (Å²) in [5.41, 5.74) is 0.830. The van der Waals surface area contributed by atoms with Gasteiger partial charge in [-0.25, -0.2) is 0 Å². The molecule has 0 spiro atoms. The zero-order chi connectivity index (χ0) is 11.7. The van der Waals surface area contributed by atoms with E-state index in [9.17, 15) is 4.79 Å². The van der Waals surface area contributed by atoms with Crippen LogP contribution in [0.3, 0.4) is 0 Å². The fraction of sp³-hybridized carbons (Fsp3) is 0.929. The minimum Gasteiger partial charge on any atom is -0.466 e. The SMILES string of the molecule is CCOC(=O)[C@H]1[C@@H]2C[C@@H]3[C@@H](C[C@@]21C)C3(C)C. The van der Waals surface area contributed by atoms with Gasteiger partial charge in [0.1, 0.15) is 0 Å². The van der Waals surface area contributed by atoms with E-state index in [1.54, 1.807) is 0 Å². The molecule has 0 aliphatic heterocycles. The van der Waals surface area contributed by atoms with Crippen molar-refractivity contribution in [3.05, 3.63) is 0 Å². The van der Waals surface area contributed by atoms with Gasteiger partial charge in [0.15, 0.2) is 0 Å². The topological polar surface area (TPSA) is 26.3 Å². The van der Waals surface area contributed by atoms with Crippen molar-refractivity contribution in [2.75, 3.05) is 6.61 Å². The van der Waals surface area contributed by atoms with Crippen LogP contribution in [-0.2, 0) is 9.53 Å². The Labute approximate surface area is 97.7 Å². The van der Waals surface area contributed by atoms with Crippen LogP contribution in [0.4, 0.5) is 0 Å². The molecule has 0 radical (unpaired) electrons. The van der Waals surface area contributed by atoms with Gasteiger partial charge in [-0.15, -0.1) is 0 Å². The van der Waals surface area contributed by atoms with Crippen molar-refractivity contribution in [3.8, 4) is 0 Å². The Bertz CT molecular complexity index is 347. The third-order valence-electron chi connectivity index (χ3n) is 5.85. The monoisotopic (exact) mass is 222 g/mol. The average molecular weight is 222 g/mol. The predicted molar refractivity (Wildman–Crippen MR) is 61.7 cm³/mol. The molecule has 0 heterocycles. The average Bonchev–Trinajstić information content (AvgIpc) is 2.96. The molecule has 3 rings (SSSR count). The first-order chi connectivity index (χ1) is 7.43. The molecule has 3 saturated carbocycles. The highest BCUT2D eigenvalue weighted by Gasteiger charge is 2.75. The minimum absolute atomic E-state index is 0.0640. The van der Waals surface area contributed by atoms with Crippen molar-refractivity contribution in [1.29, 1.82) is 0 Å². The largest absolute Gasteiger partial charge is 0.466 e. The van der Waals surface area contributed by atoms with E-state index in [0.717, 1.165) is 11.8 Å². The van der Waals surface area contributed by atoms with Crippen LogP contribution in [-0.4, -0.2) is 12.6 Å². The minimum atomic E-state index is 0.0640. The first-order valence-electron chi connectivity index (χ1n) is 6.59. The molecular formula is C14H22O2. The lowest BCUT2D eigenvalue weighted by molar-refractivity contribution is -0.145. The van der Waals surface area contributed by atoms with Gasteiger partial charge in [0.25, 0.3) is 0 Å². The van der Waals surface area contributed by atoms with Crippen molar-refractivity contribution in [2.24, 2.45) is 34.5 Å². The second kappa shape index (κ2) is 2.83. The molecule has 0 amide bonds. The van der Waals surface area contributed by atoms with Gasteiger partial charge in [0, 0.05) is 0 Å². The van der Waals surface area contributed by atoms with E-state index in [2.05, 4.69) is 20.8 Å². The number of rotatable bonds is 2. The highest BCUT2D eigenvalue weighted by Crippen LogP contribution is 2.79. The van der Waals surface area contributed by atoms with Crippen LogP contribution < -0.4 is 0 Å². The number of hydrogen-bond acceptors (Lipinski definition) is 2. The Morgan fingerprint density at radius 2 is 1.94 bits per heavy atom. The molecule has 3 aliphatic rings. The Morgan fingerprint density at radius 1 is 1.25 bits per heavy atom. The summed E-state index contributed by atoms with van der Waals surface area (Å²) in [5.74, 6) is 2.65. The van der Waals surface area contributed by atoms with Gasteiger partial charge in [-0.05, 0) is 48.3 Å². The second-order valence-corrected chi connectivity index (χ2v) is 6.82. The van der Waals surface area contributed by atoms with Gasteiger partial charge in [-0.2, -0.15) is 0 Å². The van der Waals surface area contributed by atoms with Crippen molar-refractivity contribution in [2.45, 2.75) is 40.5 Å². The third kappa shape index (κ3) is 1.11. The highest BCUT2D eigenvalue weighted by atomic mass is 16.5. The number of hydrogen-bond donors (Lipinski definition) is 0. The summed E-state index contributed by atoms with van der Waals surface area (Å²) in [6.07, 6.45) is 2.51. The normalized spacial score (nSPS) is 51.2.